The van der Waals surface area contributed by atoms with Crippen molar-refractivity contribution in [1.82, 2.24) is 0 Å². The average molecular weight is 407 g/mol. The van der Waals surface area contributed by atoms with Crippen molar-refractivity contribution in [3.63, 3.8) is 0 Å². The van der Waals surface area contributed by atoms with Gasteiger partial charge in [-0.25, -0.2) is 0 Å². The van der Waals surface area contributed by atoms with Gasteiger partial charge >= 0.3 is 5.97 Å². The zero-order valence-corrected chi connectivity index (χ0v) is 18.9. The highest BCUT2D eigenvalue weighted by atomic mass is 16.4. The number of fused-ring (bicyclic) bond motifs is 5. The molecule has 0 heterocycles. The Bertz CT molecular complexity index is 645. The van der Waals surface area contributed by atoms with Gasteiger partial charge in [-0.05, 0) is 111 Å². The Hall–Kier alpha value is -0.610. The maximum Gasteiger partial charge on any atom is 0.303 e. The van der Waals surface area contributed by atoms with Crippen LogP contribution in [0.3, 0.4) is 0 Å². The summed E-state index contributed by atoms with van der Waals surface area (Å²) >= 11 is 0. The zero-order chi connectivity index (χ0) is 21.2. The first kappa shape index (κ1) is 21.6. The van der Waals surface area contributed by atoms with E-state index in [1.807, 2.05) is 6.92 Å². The van der Waals surface area contributed by atoms with Gasteiger partial charge in [-0.3, -0.25) is 4.79 Å². The van der Waals surface area contributed by atoms with Crippen molar-refractivity contribution < 1.29 is 20.1 Å². The Morgan fingerprint density at radius 2 is 1.69 bits per heavy atom. The lowest BCUT2D eigenvalue weighted by Gasteiger charge is -2.65. The number of rotatable bonds is 4. The van der Waals surface area contributed by atoms with E-state index >= 15 is 0 Å². The normalized spacial score (nSPS) is 52.9. The minimum atomic E-state index is -0.692. The van der Waals surface area contributed by atoms with Crippen LogP contribution in [0.1, 0.15) is 91.9 Å². The van der Waals surface area contributed by atoms with Gasteiger partial charge in [-0.2, -0.15) is 0 Å². The molecule has 0 saturated heterocycles. The Labute approximate surface area is 176 Å². The topological polar surface area (TPSA) is 77.8 Å². The number of hydrogen-bond donors (Lipinski definition) is 3. The number of carboxylic acids is 1. The minimum Gasteiger partial charge on any atom is -0.481 e. The molecule has 0 aromatic heterocycles. The van der Waals surface area contributed by atoms with Gasteiger partial charge in [-0.15, -0.1) is 0 Å². The minimum absolute atomic E-state index is 0.139. The van der Waals surface area contributed by atoms with E-state index < -0.39 is 11.6 Å². The summed E-state index contributed by atoms with van der Waals surface area (Å²) in [5.41, 5.74) is -0.269. The number of aliphatic hydroxyl groups excluding tert-OH is 1. The highest BCUT2D eigenvalue weighted by Crippen LogP contribution is 2.69. The molecular formula is C25H42O4. The summed E-state index contributed by atoms with van der Waals surface area (Å²) in [6.45, 7) is 9.21. The predicted octanol–water partition coefficient (Wildman–Crippen LogP) is 4.87. The van der Waals surface area contributed by atoms with E-state index in [4.69, 9.17) is 5.11 Å². The van der Waals surface area contributed by atoms with E-state index in [0.717, 1.165) is 32.1 Å². The van der Waals surface area contributed by atoms with Gasteiger partial charge < -0.3 is 15.3 Å². The molecule has 0 aliphatic heterocycles. The molecule has 0 aromatic rings. The molecule has 4 aliphatic carbocycles. The summed E-state index contributed by atoms with van der Waals surface area (Å²) in [4.78, 5) is 11.1. The van der Waals surface area contributed by atoms with Gasteiger partial charge in [0, 0.05) is 6.42 Å². The highest BCUT2D eigenvalue weighted by Gasteiger charge is 2.64. The first-order valence-electron chi connectivity index (χ1n) is 12.1. The molecule has 10 atom stereocenters. The molecule has 4 fully saturated rings. The van der Waals surface area contributed by atoms with Crippen LogP contribution < -0.4 is 0 Å². The van der Waals surface area contributed by atoms with E-state index in [2.05, 4.69) is 20.8 Å². The van der Waals surface area contributed by atoms with Crippen LogP contribution in [0, 0.1) is 46.3 Å². The van der Waals surface area contributed by atoms with Crippen LogP contribution in [0.5, 0.6) is 0 Å². The average Bonchev–Trinajstić information content (AvgIpc) is 2.98. The molecule has 3 N–H and O–H groups in total. The molecule has 29 heavy (non-hydrogen) atoms. The highest BCUT2D eigenvalue weighted by molar-refractivity contribution is 5.66. The second-order valence-corrected chi connectivity index (χ2v) is 12.1. The standard InChI is InChI=1S/C25H42O4/c1-15(5-8-22(27)28)18-6-7-19-17-14-25(4,29)21-13-16(26)9-11-24(21,3)20(17)10-12-23(18,19)2/h15-21,26,29H,5-14H2,1-4H3,(H,27,28)/t15-,16-,17+,18-,19+,20+,21-,23-,24-,25+/m1/s1. The fraction of sp³-hybridized carbons (Fsp3) is 0.960. The Kier molecular flexibility index (Phi) is 5.38. The van der Waals surface area contributed by atoms with Crippen molar-refractivity contribution in [1.29, 1.82) is 0 Å². The molecule has 4 aliphatic rings. The van der Waals surface area contributed by atoms with E-state index in [0.29, 0.717) is 29.6 Å². The van der Waals surface area contributed by atoms with Crippen molar-refractivity contribution in [2.75, 3.05) is 0 Å². The van der Waals surface area contributed by atoms with E-state index in [9.17, 15) is 15.0 Å². The number of carboxylic acid groups (broad SMARTS) is 1. The van der Waals surface area contributed by atoms with Crippen LogP contribution in [0.15, 0.2) is 0 Å². The Balaban J connectivity index is 1.59. The smallest absolute Gasteiger partial charge is 0.303 e. The van der Waals surface area contributed by atoms with Gasteiger partial charge in [0.1, 0.15) is 0 Å². The third-order valence-corrected chi connectivity index (χ3v) is 10.6. The molecule has 0 spiro atoms. The largest absolute Gasteiger partial charge is 0.481 e. The van der Waals surface area contributed by atoms with Crippen molar-refractivity contribution in [3.05, 3.63) is 0 Å². The SMILES string of the molecule is C[C@H](CCC(=O)O)[C@H]1CC[C@H]2[C@@H]3C[C@](C)(O)[C@@H]4C[C@H](O)CC[C@]4(C)[C@H]3CC[C@]12C. The van der Waals surface area contributed by atoms with E-state index in [1.165, 1.54) is 25.7 Å². The number of hydrogen-bond acceptors (Lipinski definition) is 3. The third kappa shape index (κ3) is 3.37. The second kappa shape index (κ2) is 7.22. The molecule has 0 unspecified atom stereocenters. The van der Waals surface area contributed by atoms with Crippen LogP contribution in [0.2, 0.25) is 0 Å². The van der Waals surface area contributed by atoms with Gasteiger partial charge in [0.2, 0.25) is 0 Å². The summed E-state index contributed by atoms with van der Waals surface area (Å²) in [5, 5.41) is 31.0. The molecule has 4 saturated carbocycles. The van der Waals surface area contributed by atoms with Crippen molar-refractivity contribution in [3.8, 4) is 0 Å². The Morgan fingerprint density at radius 3 is 2.38 bits per heavy atom. The van der Waals surface area contributed by atoms with Gasteiger partial charge in [0.15, 0.2) is 0 Å². The van der Waals surface area contributed by atoms with Gasteiger partial charge in [0.05, 0.1) is 11.7 Å². The monoisotopic (exact) mass is 406 g/mol. The summed E-state index contributed by atoms with van der Waals surface area (Å²) in [6.07, 6.45) is 9.28. The zero-order valence-electron chi connectivity index (χ0n) is 18.9. The van der Waals surface area contributed by atoms with E-state index in [1.54, 1.807) is 0 Å². The quantitative estimate of drug-likeness (QED) is 0.622. The van der Waals surface area contributed by atoms with Gasteiger partial charge in [-0.1, -0.05) is 20.8 Å². The molecule has 4 rings (SSSR count). The van der Waals surface area contributed by atoms with Crippen LogP contribution in [-0.2, 0) is 4.79 Å². The summed E-state index contributed by atoms with van der Waals surface area (Å²) < 4.78 is 0. The molecule has 0 aromatic carbocycles. The van der Waals surface area contributed by atoms with Gasteiger partial charge in [0.25, 0.3) is 0 Å². The summed E-state index contributed by atoms with van der Waals surface area (Å²) in [5.74, 6) is 2.46. The summed E-state index contributed by atoms with van der Waals surface area (Å²) in [6, 6.07) is 0. The molecule has 0 amide bonds. The lowest BCUT2D eigenvalue weighted by Crippen LogP contribution is -2.62. The molecule has 0 bridgehead atoms. The van der Waals surface area contributed by atoms with Crippen molar-refractivity contribution in [2.45, 2.75) is 104 Å². The van der Waals surface area contributed by atoms with Crippen molar-refractivity contribution in [2.24, 2.45) is 46.3 Å². The number of aliphatic carboxylic acids is 1. The lowest BCUT2D eigenvalue weighted by atomic mass is 9.41. The van der Waals surface area contributed by atoms with Crippen molar-refractivity contribution >= 4 is 5.97 Å². The molecular weight excluding hydrogens is 364 g/mol. The Morgan fingerprint density at radius 1 is 1.03 bits per heavy atom. The molecule has 4 heteroatoms. The second-order valence-electron chi connectivity index (χ2n) is 12.1. The maximum absolute atomic E-state index is 11.5. The maximum atomic E-state index is 11.5. The first-order chi connectivity index (χ1) is 13.5. The van der Waals surface area contributed by atoms with Crippen LogP contribution in [-0.4, -0.2) is 33.0 Å². The summed E-state index contributed by atoms with van der Waals surface area (Å²) in [7, 11) is 0. The van der Waals surface area contributed by atoms with Crippen LogP contribution >= 0.6 is 0 Å². The molecule has 4 nitrogen and oxygen atoms in total. The third-order valence-electron chi connectivity index (χ3n) is 10.6. The number of aliphatic hydroxyl groups is 2. The fourth-order valence-electron chi connectivity index (χ4n) is 9.26. The number of carbonyl (C=O) groups is 1. The fourth-order valence-corrected chi connectivity index (χ4v) is 9.26. The lowest BCUT2D eigenvalue weighted by molar-refractivity contribution is -0.210. The predicted molar refractivity (Wildman–Crippen MR) is 113 cm³/mol. The molecule has 0 radical (unpaired) electrons. The first-order valence-corrected chi connectivity index (χ1v) is 12.1. The van der Waals surface area contributed by atoms with Crippen LogP contribution in [0.4, 0.5) is 0 Å². The molecule has 166 valence electrons. The van der Waals surface area contributed by atoms with Crippen LogP contribution in [0.25, 0.3) is 0 Å². The van der Waals surface area contributed by atoms with E-state index in [-0.39, 0.29) is 29.3 Å².